The third-order valence-corrected chi connectivity index (χ3v) is 8.06. The number of rotatable bonds is 10. The molecule has 0 atom stereocenters. The smallest absolute Gasteiger partial charge is 0.328 e. The van der Waals surface area contributed by atoms with Gasteiger partial charge < -0.3 is 50.4 Å². The Hall–Kier alpha value is -4.98. The van der Waals surface area contributed by atoms with Crippen LogP contribution in [0, 0.1) is 0 Å². The van der Waals surface area contributed by atoms with Crippen LogP contribution in [0.25, 0.3) is 12.2 Å². The van der Waals surface area contributed by atoms with E-state index in [2.05, 4.69) is 47.4 Å². The summed E-state index contributed by atoms with van der Waals surface area (Å²) in [7, 11) is 4.09. The molecule has 2 aromatic carbocycles. The maximum Gasteiger partial charge on any atom is 0.328 e. The minimum atomic E-state index is -1.51. The number of carbonyl (C=O) groups is 5. The van der Waals surface area contributed by atoms with Gasteiger partial charge in [0.15, 0.2) is 5.54 Å². The molecule has 0 aliphatic carbocycles. The number of hydrogen-bond donors (Lipinski definition) is 5. The van der Waals surface area contributed by atoms with Crippen LogP contribution in [0.2, 0.25) is 5.02 Å². The minimum absolute atomic E-state index is 0.157. The number of quaternary nitrogens is 2. The van der Waals surface area contributed by atoms with Crippen molar-refractivity contribution in [3.05, 3.63) is 82.9 Å². The zero-order valence-electron chi connectivity index (χ0n) is 26.1. The molecule has 2 aliphatic rings. The van der Waals surface area contributed by atoms with Gasteiger partial charge in [0.1, 0.15) is 0 Å². The number of nitrogens with one attached hydrogen (secondary N) is 2. The van der Waals surface area contributed by atoms with Crippen LogP contribution in [0.5, 0.6) is 0 Å². The van der Waals surface area contributed by atoms with E-state index < -0.39 is 29.4 Å². The first kappa shape index (κ1) is 38.2. The fourth-order valence-corrected chi connectivity index (χ4v) is 5.55. The predicted molar refractivity (Wildman–Crippen MR) is 172 cm³/mol. The number of carbonyl (C=O) groups excluding carboxylic acids is 3. The largest absolute Gasteiger partial charge is 0.545 e. The van der Waals surface area contributed by atoms with Gasteiger partial charge in [-0.2, -0.15) is 0 Å². The van der Waals surface area contributed by atoms with Crippen LogP contribution in [0.4, 0.5) is 11.4 Å². The molecule has 0 spiro atoms. The van der Waals surface area contributed by atoms with Crippen molar-refractivity contribution in [3.63, 3.8) is 0 Å². The molecule has 6 N–H and O–H groups in total. The minimum Gasteiger partial charge on any atom is -0.545 e. The Balaban J connectivity index is 0.000000397. The Morgan fingerprint density at radius 3 is 1.91 bits per heavy atom. The van der Waals surface area contributed by atoms with Crippen LogP contribution in [0.1, 0.15) is 30.4 Å². The average Bonchev–Trinajstić information content (AvgIpc) is 3.16. The van der Waals surface area contributed by atoms with Crippen LogP contribution in [0.15, 0.2) is 66.8 Å². The molecule has 2 aromatic rings. The quantitative estimate of drug-likeness (QED) is 0.178. The van der Waals surface area contributed by atoms with E-state index in [9.17, 15) is 34.2 Å². The maximum atomic E-state index is 12.1. The SMILES string of the molecule is C[NH+](C)C1(C(N)=O)CC[NH+](CCCN2c3ccccc3C=Cc3cc(Cl)ccc32)CC1.O=C([O-])/C=C\C(=O)O.O=C([O-])/C=C\C(=O)O. The topological polar surface area (TPSA) is 210 Å². The van der Waals surface area contributed by atoms with E-state index in [4.69, 9.17) is 27.5 Å². The lowest BCUT2D eigenvalue weighted by atomic mass is 9.85. The van der Waals surface area contributed by atoms with E-state index in [1.807, 2.05) is 26.2 Å². The highest BCUT2D eigenvalue weighted by Gasteiger charge is 2.47. The van der Waals surface area contributed by atoms with Gasteiger partial charge in [0.2, 0.25) is 0 Å². The number of carboxylic acid groups (broad SMARTS) is 4. The van der Waals surface area contributed by atoms with Gasteiger partial charge in [0.05, 0.1) is 58.5 Å². The van der Waals surface area contributed by atoms with Crippen molar-refractivity contribution in [2.45, 2.75) is 24.8 Å². The molecule has 252 valence electrons. The van der Waals surface area contributed by atoms with Crippen LogP contribution >= 0.6 is 11.6 Å². The van der Waals surface area contributed by atoms with Gasteiger partial charge in [0.25, 0.3) is 5.91 Å². The number of nitrogens with two attached hydrogens (primary N) is 1. The number of likely N-dealkylation sites (tertiary alicyclic amines) is 1. The van der Waals surface area contributed by atoms with E-state index in [0.29, 0.717) is 24.3 Å². The molecule has 1 saturated heterocycles. The fourth-order valence-electron chi connectivity index (χ4n) is 5.37. The summed E-state index contributed by atoms with van der Waals surface area (Å²) in [5.74, 6) is -5.77. The number of para-hydroxylation sites is 1. The Kier molecular flexibility index (Phi) is 14.8. The predicted octanol–water partition coefficient (Wildman–Crippen LogP) is -1.85. The summed E-state index contributed by atoms with van der Waals surface area (Å²) in [6.07, 6.45) is 9.01. The molecule has 13 nitrogen and oxygen atoms in total. The number of hydrogen-bond acceptors (Lipinski definition) is 8. The first-order valence-electron chi connectivity index (χ1n) is 14.7. The Morgan fingerprint density at radius 2 is 1.43 bits per heavy atom. The second kappa shape index (κ2) is 18.2. The first-order valence-corrected chi connectivity index (χ1v) is 15.1. The molecular weight excluding hydrogens is 632 g/mol. The van der Waals surface area contributed by atoms with Gasteiger partial charge in [-0.25, -0.2) is 9.59 Å². The number of fused-ring (bicyclic) bond motifs is 2. The van der Waals surface area contributed by atoms with Gasteiger partial charge >= 0.3 is 11.9 Å². The molecule has 47 heavy (non-hydrogen) atoms. The van der Waals surface area contributed by atoms with E-state index in [0.717, 1.165) is 60.9 Å². The standard InChI is InChI=1S/C25H31ClN4O.2C4H4O4/c1-28(2)25(24(27)31)12-16-29(17-13-25)14-5-15-30-22-7-4-3-6-19(22)8-9-20-18-21(26)10-11-23(20)30;2*5-3(6)1-2-4(7)8/h3-4,6-11,18H,5,12-17H2,1-2H3,(H2,27,31);2*1-2H,(H,5,6)(H,7,8)/b;2*2-1-. The monoisotopic (exact) mass is 670 g/mol. The molecule has 4 rings (SSSR count). The molecule has 2 aliphatic heterocycles. The van der Waals surface area contributed by atoms with Crippen molar-refractivity contribution in [1.29, 1.82) is 0 Å². The highest BCUT2D eigenvalue weighted by atomic mass is 35.5. The van der Waals surface area contributed by atoms with Crippen LogP contribution in [0.3, 0.4) is 0 Å². The van der Waals surface area contributed by atoms with Crippen molar-refractivity contribution in [3.8, 4) is 0 Å². The number of carboxylic acids is 4. The summed E-state index contributed by atoms with van der Waals surface area (Å²) in [6, 6.07) is 14.7. The molecule has 2 heterocycles. The second-order valence-electron chi connectivity index (χ2n) is 11.0. The second-order valence-corrected chi connectivity index (χ2v) is 11.5. The van der Waals surface area contributed by atoms with Gasteiger partial charge in [0, 0.05) is 41.5 Å². The van der Waals surface area contributed by atoms with Crippen molar-refractivity contribution in [2.24, 2.45) is 5.73 Å². The number of aliphatic carboxylic acids is 4. The Morgan fingerprint density at radius 1 is 0.894 bits per heavy atom. The molecule has 0 saturated carbocycles. The number of nitrogens with zero attached hydrogens (tertiary/aromatic N) is 1. The summed E-state index contributed by atoms with van der Waals surface area (Å²) < 4.78 is 0. The highest BCUT2D eigenvalue weighted by molar-refractivity contribution is 6.30. The molecule has 1 fully saturated rings. The fraction of sp³-hybridized carbons (Fsp3) is 0.303. The van der Waals surface area contributed by atoms with E-state index >= 15 is 0 Å². The average molecular weight is 671 g/mol. The highest BCUT2D eigenvalue weighted by Crippen LogP contribution is 2.37. The molecule has 1 amide bonds. The lowest BCUT2D eigenvalue weighted by Crippen LogP contribution is -3.22. The number of anilines is 2. The Bertz CT molecular complexity index is 1460. The van der Waals surface area contributed by atoms with Gasteiger partial charge in [-0.1, -0.05) is 42.0 Å². The number of piperidine rings is 1. The van der Waals surface area contributed by atoms with E-state index in [1.54, 1.807) is 4.90 Å². The molecule has 0 radical (unpaired) electrons. The first-order chi connectivity index (χ1) is 22.2. The molecular formula is C33H39ClN4O9. The van der Waals surface area contributed by atoms with Crippen molar-refractivity contribution in [2.75, 3.05) is 45.2 Å². The summed E-state index contributed by atoms with van der Waals surface area (Å²) in [5.41, 5.74) is 10.2. The molecule has 0 aromatic heterocycles. The number of halogens is 1. The number of benzene rings is 2. The number of amides is 1. The Labute approximate surface area is 277 Å². The van der Waals surface area contributed by atoms with Crippen molar-refractivity contribution >= 4 is 64.9 Å². The lowest BCUT2D eigenvalue weighted by Gasteiger charge is -2.39. The molecule has 0 bridgehead atoms. The summed E-state index contributed by atoms with van der Waals surface area (Å²) in [6.45, 7) is 4.03. The third-order valence-electron chi connectivity index (χ3n) is 7.83. The van der Waals surface area contributed by atoms with E-state index in [-0.39, 0.29) is 5.91 Å². The van der Waals surface area contributed by atoms with Crippen LogP contribution < -0.4 is 30.6 Å². The number of likely N-dealkylation sites (N-methyl/N-ethyl adjacent to an activating group) is 1. The van der Waals surface area contributed by atoms with Gasteiger partial charge in [-0.15, -0.1) is 0 Å². The van der Waals surface area contributed by atoms with Crippen LogP contribution in [-0.4, -0.2) is 85.8 Å². The molecule has 14 heteroatoms. The van der Waals surface area contributed by atoms with E-state index in [1.165, 1.54) is 16.9 Å². The van der Waals surface area contributed by atoms with Gasteiger partial charge in [-0.3, -0.25) is 4.79 Å². The van der Waals surface area contributed by atoms with Crippen molar-refractivity contribution < 1.29 is 54.2 Å². The summed E-state index contributed by atoms with van der Waals surface area (Å²) in [4.78, 5) is 55.2. The zero-order chi connectivity index (χ0) is 35.1. The third kappa shape index (κ3) is 12.0. The number of primary amides is 1. The molecule has 0 unspecified atom stereocenters. The van der Waals surface area contributed by atoms with Crippen molar-refractivity contribution in [1.82, 2.24) is 0 Å². The summed E-state index contributed by atoms with van der Waals surface area (Å²) >= 11 is 6.27. The normalized spacial score (nSPS) is 18.2. The lowest BCUT2D eigenvalue weighted by molar-refractivity contribution is -0.949. The summed E-state index contributed by atoms with van der Waals surface area (Å²) in [5, 5.41) is 35.2. The van der Waals surface area contributed by atoms with Gasteiger partial charge in [-0.05, 0) is 47.5 Å². The zero-order valence-corrected chi connectivity index (χ0v) is 26.9. The van der Waals surface area contributed by atoms with Crippen LogP contribution in [-0.2, 0) is 24.0 Å². The maximum absolute atomic E-state index is 12.1.